The van der Waals surface area contributed by atoms with Crippen molar-refractivity contribution in [2.45, 2.75) is 0 Å². The van der Waals surface area contributed by atoms with Crippen molar-refractivity contribution in [1.29, 1.82) is 0 Å². The number of nitrogen functional groups attached to an aromatic ring is 1. The summed E-state index contributed by atoms with van der Waals surface area (Å²) < 4.78 is 0.785. The zero-order valence-corrected chi connectivity index (χ0v) is 10.3. The average Bonchev–Trinajstić information content (AvgIpc) is 2.71. The Kier molecular flexibility index (Phi) is 2.29. The van der Waals surface area contributed by atoms with E-state index in [4.69, 9.17) is 5.73 Å². The maximum absolute atomic E-state index is 5.58. The lowest BCUT2D eigenvalue weighted by molar-refractivity contribution is 1.19. The van der Waals surface area contributed by atoms with Crippen LogP contribution < -0.4 is 5.73 Å². The predicted molar refractivity (Wildman–Crippen MR) is 69.2 cm³/mol. The lowest BCUT2D eigenvalue weighted by Crippen LogP contribution is -1.94. The molecule has 0 saturated heterocycles. The standard InChI is InChI=1S/C11H8BrN5/c12-10-3-6-7(4-15-9(6)5-16-10)8-1-2-14-11(13)17-8/h1-5,15H,(H2,13,14,17). The number of nitrogens with two attached hydrogens (primary N) is 1. The number of aromatic nitrogens is 4. The number of anilines is 1. The van der Waals surface area contributed by atoms with Crippen molar-refractivity contribution in [3.8, 4) is 11.3 Å². The quantitative estimate of drug-likeness (QED) is 0.674. The molecule has 17 heavy (non-hydrogen) atoms. The molecule has 0 atom stereocenters. The van der Waals surface area contributed by atoms with Crippen LogP contribution in [0.2, 0.25) is 0 Å². The number of H-pyrrole nitrogens is 1. The minimum absolute atomic E-state index is 0.268. The summed E-state index contributed by atoms with van der Waals surface area (Å²) in [6.07, 6.45) is 5.31. The van der Waals surface area contributed by atoms with Crippen LogP contribution in [0.25, 0.3) is 22.2 Å². The third-order valence-corrected chi connectivity index (χ3v) is 2.92. The molecule has 0 aliphatic heterocycles. The van der Waals surface area contributed by atoms with Gasteiger partial charge in [-0.3, -0.25) is 0 Å². The Labute approximate surface area is 105 Å². The SMILES string of the molecule is Nc1nccc(-c2c[nH]c3cnc(Br)cc23)n1. The van der Waals surface area contributed by atoms with Gasteiger partial charge < -0.3 is 10.7 Å². The van der Waals surface area contributed by atoms with Gasteiger partial charge in [0.25, 0.3) is 0 Å². The number of nitrogens with one attached hydrogen (secondary N) is 1. The first-order valence-electron chi connectivity index (χ1n) is 4.95. The molecule has 3 rings (SSSR count). The summed E-state index contributed by atoms with van der Waals surface area (Å²) in [6, 6.07) is 3.77. The van der Waals surface area contributed by atoms with Gasteiger partial charge in [0.1, 0.15) is 4.60 Å². The summed E-state index contributed by atoms with van der Waals surface area (Å²) in [4.78, 5) is 15.4. The van der Waals surface area contributed by atoms with Crippen molar-refractivity contribution in [1.82, 2.24) is 19.9 Å². The zero-order valence-electron chi connectivity index (χ0n) is 8.68. The summed E-state index contributed by atoms with van der Waals surface area (Å²) in [5, 5.41) is 1.05. The van der Waals surface area contributed by atoms with Crippen LogP contribution >= 0.6 is 15.9 Å². The Bertz CT molecular complexity index is 691. The number of halogens is 1. The number of aromatic amines is 1. The highest BCUT2D eigenvalue weighted by Crippen LogP contribution is 2.28. The van der Waals surface area contributed by atoms with Gasteiger partial charge in [-0.2, -0.15) is 0 Å². The van der Waals surface area contributed by atoms with E-state index in [1.165, 1.54) is 0 Å². The smallest absolute Gasteiger partial charge is 0.220 e. The van der Waals surface area contributed by atoms with Crippen molar-refractivity contribution < 1.29 is 0 Å². The van der Waals surface area contributed by atoms with E-state index in [-0.39, 0.29) is 5.95 Å². The van der Waals surface area contributed by atoms with Crippen LogP contribution in [0.15, 0.2) is 35.3 Å². The first-order valence-corrected chi connectivity index (χ1v) is 5.75. The molecule has 3 N–H and O–H groups in total. The molecular formula is C11H8BrN5. The van der Waals surface area contributed by atoms with Gasteiger partial charge in [-0.15, -0.1) is 0 Å². The fourth-order valence-corrected chi connectivity index (χ4v) is 2.06. The molecule has 3 heterocycles. The summed E-state index contributed by atoms with van der Waals surface area (Å²) >= 11 is 3.36. The van der Waals surface area contributed by atoms with Crippen molar-refractivity contribution in [3.63, 3.8) is 0 Å². The van der Waals surface area contributed by atoms with Gasteiger partial charge in [0, 0.05) is 23.3 Å². The second kappa shape index (κ2) is 3.81. The molecule has 84 valence electrons. The van der Waals surface area contributed by atoms with Gasteiger partial charge in [-0.25, -0.2) is 15.0 Å². The number of rotatable bonds is 1. The fraction of sp³-hybridized carbons (Fsp3) is 0. The molecule has 0 aliphatic carbocycles. The van der Waals surface area contributed by atoms with E-state index in [1.807, 2.05) is 18.3 Å². The second-order valence-corrected chi connectivity index (χ2v) is 4.37. The van der Waals surface area contributed by atoms with Crippen LogP contribution in [-0.2, 0) is 0 Å². The van der Waals surface area contributed by atoms with Gasteiger partial charge in [0.15, 0.2) is 0 Å². The lowest BCUT2D eigenvalue weighted by atomic mass is 10.1. The van der Waals surface area contributed by atoms with Crippen LogP contribution in [0.1, 0.15) is 0 Å². The van der Waals surface area contributed by atoms with E-state index in [9.17, 15) is 0 Å². The molecule has 0 aromatic carbocycles. The van der Waals surface area contributed by atoms with E-state index in [0.717, 1.165) is 26.8 Å². The van der Waals surface area contributed by atoms with Crippen LogP contribution in [0.3, 0.4) is 0 Å². The Morgan fingerprint density at radius 2 is 2.18 bits per heavy atom. The molecule has 3 aromatic rings. The molecular weight excluding hydrogens is 282 g/mol. The predicted octanol–water partition coefficient (Wildman–Crippen LogP) is 2.36. The van der Waals surface area contributed by atoms with Crippen molar-refractivity contribution in [2.75, 3.05) is 5.73 Å². The highest BCUT2D eigenvalue weighted by molar-refractivity contribution is 9.10. The molecule has 0 aliphatic rings. The van der Waals surface area contributed by atoms with Gasteiger partial charge in [0.2, 0.25) is 5.95 Å². The maximum atomic E-state index is 5.58. The highest BCUT2D eigenvalue weighted by atomic mass is 79.9. The Morgan fingerprint density at radius 3 is 3.00 bits per heavy atom. The first-order chi connectivity index (χ1) is 8.24. The van der Waals surface area contributed by atoms with Gasteiger partial charge in [0.05, 0.1) is 17.4 Å². The minimum atomic E-state index is 0.268. The Hall–Kier alpha value is -1.95. The number of hydrogen-bond acceptors (Lipinski definition) is 4. The monoisotopic (exact) mass is 289 g/mol. The van der Waals surface area contributed by atoms with Crippen molar-refractivity contribution in [2.24, 2.45) is 0 Å². The van der Waals surface area contributed by atoms with E-state index < -0.39 is 0 Å². The Morgan fingerprint density at radius 1 is 1.29 bits per heavy atom. The van der Waals surface area contributed by atoms with E-state index >= 15 is 0 Å². The van der Waals surface area contributed by atoms with E-state index in [2.05, 4.69) is 35.9 Å². The van der Waals surface area contributed by atoms with E-state index in [1.54, 1.807) is 12.4 Å². The minimum Gasteiger partial charge on any atom is -0.368 e. The van der Waals surface area contributed by atoms with Crippen molar-refractivity contribution in [3.05, 3.63) is 35.3 Å². The summed E-state index contributed by atoms with van der Waals surface area (Å²) in [5.74, 6) is 0.268. The van der Waals surface area contributed by atoms with Gasteiger partial charge in [-0.05, 0) is 28.1 Å². The third kappa shape index (κ3) is 1.76. The van der Waals surface area contributed by atoms with Gasteiger partial charge in [-0.1, -0.05) is 0 Å². The molecule has 0 spiro atoms. The second-order valence-electron chi connectivity index (χ2n) is 3.56. The normalized spacial score (nSPS) is 10.9. The molecule has 0 amide bonds. The van der Waals surface area contributed by atoms with Crippen molar-refractivity contribution >= 4 is 32.8 Å². The molecule has 5 nitrogen and oxygen atoms in total. The zero-order chi connectivity index (χ0) is 11.8. The molecule has 0 bridgehead atoms. The summed E-state index contributed by atoms with van der Waals surface area (Å²) in [6.45, 7) is 0. The van der Waals surface area contributed by atoms with Crippen LogP contribution in [0, 0.1) is 0 Å². The molecule has 6 heteroatoms. The fourth-order valence-electron chi connectivity index (χ4n) is 1.73. The summed E-state index contributed by atoms with van der Waals surface area (Å²) in [5.41, 5.74) is 8.32. The molecule has 3 aromatic heterocycles. The van der Waals surface area contributed by atoms with Crippen LogP contribution in [0.4, 0.5) is 5.95 Å². The number of hydrogen-bond donors (Lipinski definition) is 2. The lowest BCUT2D eigenvalue weighted by Gasteiger charge is -1.99. The van der Waals surface area contributed by atoms with Gasteiger partial charge >= 0.3 is 0 Å². The van der Waals surface area contributed by atoms with Crippen LogP contribution in [0.5, 0.6) is 0 Å². The highest BCUT2D eigenvalue weighted by Gasteiger charge is 2.08. The maximum Gasteiger partial charge on any atom is 0.220 e. The number of pyridine rings is 1. The molecule has 0 radical (unpaired) electrons. The number of nitrogens with zero attached hydrogens (tertiary/aromatic N) is 3. The molecule has 0 fully saturated rings. The Balaban J connectivity index is 2.27. The largest absolute Gasteiger partial charge is 0.368 e. The van der Waals surface area contributed by atoms with Crippen LogP contribution in [-0.4, -0.2) is 19.9 Å². The third-order valence-electron chi connectivity index (χ3n) is 2.48. The first kappa shape index (κ1) is 10.2. The topological polar surface area (TPSA) is 80.5 Å². The van der Waals surface area contributed by atoms with E-state index in [0.29, 0.717) is 0 Å². The molecule has 0 saturated carbocycles. The average molecular weight is 290 g/mol. The number of fused-ring (bicyclic) bond motifs is 1. The molecule has 0 unspecified atom stereocenters. The summed E-state index contributed by atoms with van der Waals surface area (Å²) in [7, 11) is 0.